The fourth-order valence-corrected chi connectivity index (χ4v) is 4.14. The van der Waals surface area contributed by atoms with E-state index >= 15 is 0 Å². The van der Waals surface area contributed by atoms with Crippen LogP contribution in [0.2, 0.25) is 0 Å². The van der Waals surface area contributed by atoms with Gasteiger partial charge >= 0.3 is 0 Å². The average Bonchev–Trinajstić information content (AvgIpc) is 2.54. The molecule has 0 bridgehead atoms. The van der Waals surface area contributed by atoms with Crippen LogP contribution in [0.1, 0.15) is 5.56 Å². The standard InChI is InChI=1S/C17H15NO6S2/c1-11-5-7-13(8-6-11)25(20,21)18-15-4-2-3-12-9-14(26(22,23)24)10-16(19)17(12)15/h2-10,18-19H,1H3,(H,22,23,24). The van der Waals surface area contributed by atoms with Crippen molar-refractivity contribution in [1.29, 1.82) is 0 Å². The average molecular weight is 393 g/mol. The molecule has 3 rings (SSSR count). The summed E-state index contributed by atoms with van der Waals surface area (Å²) in [7, 11) is -8.42. The molecule has 0 saturated heterocycles. The zero-order valence-electron chi connectivity index (χ0n) is 13.5. The predicted molar refractivity (Wildman–Crippen MR) is 97.4 cm³/mol. The summed E-state index contributed by atoms with van der Waals surface area (Å²) in [6.45, 7) is 1.83. The second kappa shape index (κ2) is 6.27. The van der Waals surface area contributed by atoms with Crippen LogP contribution < -0.4 is 4.72 Å². The lowest BCUT2D eigenvalue weighted by Gasteiger charge is -2.13. The molecule has 0 aliphatic rings. The Labute approximate surface area is 150 Å². The molecule has 0 amide bonds. The van der Waals surface area contributed by atoms with E-state index in [0.29, 0.717) is 0 Å². The summed E-state index contributed by atoms with van der Waals surface area (Å²) in [6.07, 6.45) is 0. The molecule has 0 heterocycles. The third-order valence-corrected chi connectivity index (χ3v) is 6.02. The van der Waals surface area contributed by atoms with Crippen molar-refractivity contribution in [2.75, 3.05) is 4.72 Å². The van der Waals surface area contributed by atoms with Crippen LogP contribution in [0.5, 0.6) is 5.75 Å². The molecule has 0 radical (unpaired) electrons. The fraction of sp³-hybridized carbons (Fsp3) is 0.0588. The smallest absolute Gasteiger partial charge is 0.294 e. The summed E-state index contributed by atoms with van der Waals surface area (Å²) in [5.74, 6) is -0.475. The first-order valence-corrected chi connectivity index (χ1v) is 10.3. The van der Waals surface area contributed by atoms with Crippen LogP contribution in [0.3, 0.4) is 0 Å². The third kappa shape index (κ3) is 3.50. The molecule has 9 heteroatoms. The number of hydrogen-bond acceptors (Lipinski definition) is 5. The van der Waals surface area contributed by atoms with Crippen LogP contribution in [0.25, 0.3) is 10.8 Å². The number of phenols is 1. The van der Waals surface area contributed by atoms with E-state index in [0.717, 1.165) is 17.7 Å². The highest BCUT2D eigenvalue weighted by atomic mass is 32.2. The van der Waals surface area contributed by atoms with Crippen LogP contribution in [0.4, 0.5) is 5.69 Å². The molecular weight excluding hydrogens is 378 g/mol. The van der Waals surface area contributed by atoms with Gasteiger partial charge in [-0.25, -0.2) is 8.42 Å². The van der Waals surface area contributed by atoms with Gasteiger partial charge in [-0.2, -0.15) is 8.42 Å². The SMILES string of the molecule is Cc1ccc(S(=O)(=O)Nc2cccc3cc(S(=O)(=O)O)cc(O)c23)cc1. The van der Waals surface area contributed by atoms with Crippen molar-refractivity contribution >= 4 is 36.6 Å². The second-order valence-electron chi connectivity index (χ2n) is 5.74. The first kappa shape index (κ1) is 18.2. The van der Waals surface area contributed by atoms with Gasteiger partial charge in [0.2, 0.25) is 0 Å². The molecule has 0 spiro atoms. The van der Waals surface area contributed by atoms with E-state index in [1.165, 1.54) is 30.3 Å². The van der Waals surface area contributed by atoms with Crippen molar-refractivity contribution in [3.63, 3.8) is 0 Å². The normalized spacial score (nSPS) is 12.2. The summed E-state index contributed by atoms with van der Waals surface area (Å²) in [6, 6.07) is 12.7. The van der Waals surface area contributed by atoms with E-state index in [4.69, 9.17) is 4.55 Å². The van der Waals surface area contributed by atoms with Gasteiger partial charge in [-0.15, -0.1) is 0 Å². The summed E-state index contributed by atoms with van der Waals surface area (Å²) in [4.78, 5) is -0.435. The second-order valence-corrected chi connectivity index (χ2v) is 8.84. The first-order valence-electron chi connectivity index (χ1n) is 7.41. The topological polar surface area (TPSA) is 121 Å². The van der Waals surface area contributed by atoms with Gasteiger partial charge in [-0.05, 0) is 36.6 Å². The van der Waals surface area contributed by atoms with Gasteiger partial charge in [0.15, 0.2) is 0 Å². The minimum atomic E-state index is -4.51. The number of benzene rings is 3. The van der Waals surface area contributed by atoms with Gasteiger partial charge in [0.25, 0.3) is 20.1 Å². The monoisotopic (exact) mass is 393 g/mol. The minimum absolute atomic E-state index is 0.0501. The van der Waals surface area contributed by atoms with Crippen LogP contribution in [-0.2, 0) is 20.1 Å². The van der Waals surface area contributed by atoms with Crippen molar-refractivity contribution in [2.24, 2.45) is 0 Å². The summed E-state index contributed by atoms with van der Waals surface area (Å²) in [5.41, 5.74) is 0.993. The van der Waals surface area contributed by atoms with Gasteiger partial charge in [0, 0.05) is 11.5 Å². The number of sulfonamides is 1. The number of hydrogen-bond donors (Lipinski definition) is 3. The summed E-state index contributed by atoms with van der Waals surface area (Å²) >= 11 is 0. The minimum Gasteiger partial charge on any atom is -0.507 e. The van der Waals surface area contributed by atoms with Crippen LogP contribution >= 0.6 is 0 Å². The quantitative estimate of drug-likeness (QED) is 0.586. The van der Waals surface area contributed by atoms with Gasteiger partial charge in [-0.1, -0.05) is 29.8 Å². The highest BCUT2D eigenvalue weighted by Crippen LogP contribution is 2.35. The molecule has 0 aliphatic carbocycles. The molecule has 136 valence electrons. The van der Waals surface area contributed by atoms with E-state index in [1.54, 1.807) is 12.1 Å². The molecule has 0 aromatic heterocycles. The maximum atomic E-state index is 12.6. The van der Waals surface area contributed by atoms with Crippen LogP contribution in [0, 0.1) is 6.92 Å². The largest absolute Gasteiger partial charge is 0.507 e. The Morgan fingerprint density at radius 2 is 1.54 bits per heavy atom. The number of fused-ring (bicyclic) bond motifs is 1. The number of aromatic hydroxyl groups is 1. The number of aryl methyl sites for hydroxylation is 1. The predicted octanol–water partition coefficient (Wildman–Crippen LogP) is 2.90. The zero-order chi connectivity index (χ0) is 19.1. The van der Waals surface area contributed by atoms with Gasteiger partial charge in [-0.3, -0.25) is 9.27 Å². The fourth-order valence-electron chi connectivity index (χ4n) is 2.53. The Morgan fingerprint density at radius 1 is 0.885 bits per heavy atom. The highest BCUT2D eigenvalue weighted by molar-refractivity contribution is 7.92. The molecule has 0 saturated carbocycles. The van der Waals surface area contributed by atoms with Gasteiger partial charge in [0.1, 0.15) is 5.75 Å². The molecule has 3 aromatic carbocycles. The van der Waals surface area contributed by atoms with E-state index in [2.05, 4.69) is 4.72 Å². The molecule has 3 N–H and O–H groups in total. The molecular formula is C17H15NO6S2. The molecule has 0 aliphatic heterocycles. The van der Waals surface area contributed by atoms with Crippen molar-refractivity contribution in [2.45, 2.75) is 16.7 Å². The Bertz CT molecular complexity index is 1200. The lowest BCUT2D eigenvalue weighted by molar-refractivity contribution is 0.471. The Kier molecular flexibility index (Phi) is 4.39. The van der Waals surface area contributed by atoms with Gasteiger partial charge < -0.3 is 5.11 Å². The number of anilines is 1. The maximum absolute atomic E-state index is 12.6. The zero-order valence-corrected chi connectivity index (χ0v) is 15.2. The van der Waals surface area contributed by atoms with Crippen molar-refractivity contribution in [3.8, 4) is 5.75 Å². The number of phenolic OH excluding ortho intramolecular Hbond substituents is 1. The molecule has 7 nitrogen and oxygen atoms in total. The molecule has 0 fully saturated rings. The number of nitrogens with one attached hydrogen (secondary N) is 1. The molecule has 0 atom stereocenters. The van der Waals surface area contributed by atoms with Crippen LogP contribution in [-0.4, -0.2) is 26.5 Å². The maximum Gasteiger partial charge on any atom is 0.294 e. The van der Waals surface area contributed by atoms with Crippen molar-refractivity contribution in [1.82, 2.24) is 0 Å². The number of rotatable bonds is 4. The Hall–Kier alpha value is -2.62. The lowest BCUT2D eigenvalue weighted by atomic mass is 10.1. The van der Waals surface area contributed by atoms with E-state index in [9.17, 15) is 21.9 Å². The van der Waals surface area contributed by atoms with E-state index in [-0.39, 0.29) is 21.4 Å². The van der Waals surface area contributed by atoms with Crippen molar-refractivity contribution in [3.05, 3.63) is 60.2 Å². The highest BCUT2D eigenvalue weighted by Gasteiger charge is 2.19. The molecule has 26 heavy (non-hydrogen) atoms. The molecule has 0 unspecified atom stereocenters. The summed E-state index contributed by atoms with van der Waals surface area (Å²) in [5, 5.41) is 10.6. The summed E-state index contributed by atoms with van der Waals surface area (Å²) < 4.78 is 59.3. The van der Waals surface area contributed by atoms with E-state index < -0.39 is 30.8 Å². The van der Waals surface area contributed by atoms with Crippen molar-refractivity contribution < 1.29 is 26.5 Å². The lowest BCUT2D eigenvalue weighted by Crippen LogP contribution is -2.13. The Morgan fingerprint density at radius 3 is 2.15 bits per heavy atom. The molecule has 3 aromatic rings. The Balaban J connectivity index is 2.13. The first-order chi connectivity index (χ1) is 12.1. The van der Waals surface area contributed by atoms with E-state index in [1.807, 2.05) is 6.92 Å². The third-order valence-electron chi connectivity index (χ3n) is 3.80. The van der Waals surface area contributed by atoms with Gasteiger partial charge in [0.05, 0.1) is 15.5 Å². The van der Waals surface area contributed by atoms with Crippen LogP contribution in [0.15, 0.2) is 64.4 Å².